The summed E-state index contributed by atoms with van der Waals surface area (Å²) in [7, 11) is 0. The van der Waals surface area contributed by atoms with Crippen molar-refractivity contribution in [1.29, 1.82) is 0 Å². The summed E-state index contributed by atoms with van der Waals surface area (Å²) in [6.07, 6.45) is 15.7. The third-order valence-corrected chi connectivity index (χ3v) is 9.57. The number of ether oxygens (including phenoxy) is 2. The van der Waals surface area contributed by atoms with Crippen LogP contribution in [-0.2, 0) is 14.3 Å². The molecule has 1 amide bonds. The van der Waals surface area contributed by atoms with E-state index in [9.17, 15) is 40.5 Å². The van der Waals surface area contributed by atoms with Gasteiger partial charge in [0.2, 0.25) is 5.91 Å². The van der Waals surface area contributed by atoms with Crippen LogP contribution < -0.4 is 5.32 Å². The lowest BCUT2D eigenvalue weighted by molar-refractivity contribution is -0.303. The Hall–Kier alpha value is -1.15. The van der Waals surface area contributed by atoms with Crippen LogP contribution in [0.3, 0.4) is 0 Å². The van der Waals surface area contributed by atoms with Gasteiger partial charge in [-0.15, -0.1) is 0 Å². The first-order valence-electron chi connectivity index (χ1n) is 19.6. The van der Waals surface area contributed by atoms with Gasteiger partial charge in [-0.25, -0.2) is 0 Å². The van der Waals surface area contributed by atoms with Crippen molar-refractivity contribution in [3.8, 4) is 0 Å². The second-order valence-corrected chi connectivity index (χ2v) is 14.0. The standard InChI is InChI=1S/C38H73NO10/c1-3-5-7-9-11-13-15-17-19-21-23-25-30(41)33(43)29(28-48-38-36(46)35(45)34(44)32(27-40)49-38)39-37(47)31(42)26-24-22-20-18-16-14-12-10-8-6-4-2/h17,19,29-36,38,40-46H,3-16,18,20-28H2,1-2H3,(H,39,47)/t29-,30+,31+,32+,33-,34+,35-,36+,38+/m0/s1. The summed E-state index contributed by atoms with van der Waals surface area (Å²) in [5, 5.41) is 75.1. The Labute approximate surface area is 296 Å². The second-order valence-electron chi connectivity index (χ2n) is 14.0. The lowest BCUT2D eigenvalue weighted by atomic mass is 9.98. The van der Waals surface area contributed by atoms with Crippen LogP contribution in [0.4, 0.5) is 0 Å². The van der Waals surface area contributed by atoms with Crippen molar-refractivity contribution < 1.29 is 50.0 Å². The molecule has 11 heteroatoms. The number of aliphatic hydroxyl groups is 7. The average molecular weight is 704 g/mol. The molecule has 0 saturated carbocycles. The highest BCUT2D eigenvalue weighted by Gasteiger charge is 2.44. The summed E-state index contributed by atoms with van der Waals surface area (Å²) in [6.45, 7) is 3.35. The first-order chi connectivity index (χ1) is 23.7. The molecule has 1 fully saturated rings. The van der Waals surface area contributed by atoms with E-state index < -0.39 is 74.2 Å². The molecule has 0 aromatic heterocycles. The van der Waals surface area contributed by atoms with Gasteiger partial charge in [-0.1, -0.05) is 129 Å². The zero-order valence-corrected chi connectivity index (χ0v) is 30.7. The quantitative estimate of drug-likeness (QED) is 0.0376. The number of hydrogen-bond acceptors (Lipinski definition) is 10. The van der Waals surface area contributed by atoms with Crippen LogP contribution >= 0.6 is 0 Å². The molecule has 1 aliphatic rings. The van der Waals surface area contributed by atoms with Gasteiger partial charge in [0.1, 0.15) is 36.6 Å². The molecule has 290 valence electrons. The summed E-state index contributed by atoms with van der Waals surface area (Å²) in [5.41, 5.74) is 0. The van der Waals surface area contributed by atoms with Crippen molar-refractivity contribution >= 4 is 5.91 Å². The maximum absolute atomic E-state index is 13.0. The van der Waals surface area contributed by atoms with Gasteiger partial charge >= 0.3 is 0 Å². The third-order valence-electron chi connectivity index (χ3n) is 9.57. The molecule has 49 heavy (non-hydrogen) atoms. The van der Waals surface area contributed by atoms with Crippen molar-refractivity contribution in [3.05, 3.63) is 12.2 Å². The molecule has 1 heterocycles. The van der Waals surface area contributed by atoms with E-state index in [1.54, 1.807) is 0 Å². The Morgan fingerprint density at radius 2 is 1.20 bits per heavy atom. The second kappa shape index (κ2) is 29.4. The normalized spacial score (nSPS) is 23.8. The summed E-state index contributed by atoms with van der Waals surface area (Å²) in [4.78, 5) is 13.0. The minimum Gasteiger partial charge on any atom is -0.394 e. The Balaban J connectivity index is 2.60. The van der Waals surface area contributed by atoms with Gasteiger partial charge in [0, 0.05) is 0 Å². The fraction of sp³-hybridized carbons (Fsp3) is 0.921. The molecular weight excluding hydrogens is 630 g/mol. The number of allylic oxidation sites excluding steroid dienone is 2. The van der Waals surface area contributed by atoms with Crippen LogP contribution in [-0.4, -0.2) is 110 Å². The molecule has 1 aliphatic heterocycles. The molecule has 0 unspecified atom stereocenters. The predicted molar refractivity (Wildman–Crippen MR) is 192 cm³/mol. The van der Waals surface area contributed by atoms with Crippen LogP contribution in [0.2, 0.25) is 0 Å². The lowest BCUT2D eigenvalue weighted by Crippen LogP contribution is -2.60. The van der Waals surface area contributed by atoms with E-state index in [1.807, 2.05) is 0 Å². The van der Waals surface area contributed by atoms with Crippen molar-refractivity contribution in [2.45, 2.75) is 210 Å². The zero-order valence-electron chi connectivity index (χ0n) is 30.7. The van der Waals surface area contributed by atoms with E-state index in [0.29, 0.717) is 12.8 Å². The summed E-state index contributed by atoms with van der Waals surface area (Å²) in [6, 6.07) is -1.18. The Bertz CT molecular complexity index is 815. The van der Waals surface area contributed by atoms with Gasteiger partial charge in [-0.2, -0.15) is 0 Å². The van der Waals surface area contributed by atoms with Crippen LogP contribution in [0, 0.1) is 0 Å². The zero-order chi connectivity index (χ0) is 36.3. The van der Waals surface area contributed by atoms with Crippen LogP contribution in [0.15, 0.2) is 12.2 Å². The molecule has 9 atom stereocenters. The molecule has 0 bridgehead atoms. The molecule has 1 saturated heterocycles. The van der Waals surface area contributed by atoms with E-state index in [1.165, 1.54) is 77.0 Å². The SMILES string of the molecule is CCCCCCCCC=CCCC[C@@H](O)[C@@H](O)[C@H](CO[C@@H]1O[C@H](CO)[C@@H](O)[C@H](O)[C@H]1O)NC(=O)[C@H](O)CCCCCCCCCCCCC. The van der Waals surface area contributed by atoms with Crippen molar-refractivity contribution in [1.82, 2.24) is 5.32 Å². The third kappa shape index (κ3) is 20.5. The van der Waals surface area contributed by atoms with Crippen LogP contribution in [0.1, 0.15) is 155 Å². The number of carbonyl (C=O) groups is 1. The smallest absolute Gasteiger partial charge is 0.249 e. The first kappa shape index (κ1) is 45.9. The summed E-state index contributed by atoms with van der Waals surface area (Å²) >= 11 is 0. The van der Waals surface area contributed by atoms with Crippen molar-refractivity contribution in [2.24, 2.45) is 0 Å². The highest BCUT2D eigenvalue weighted by molar-refractivity contribution is 5.80. The van der Waals surface area contributed by atoms with E-state index in [2.05, 4.69) is 31.3 Å². The number of amides is 1. The van der Waals surface area contributed by atoms with E-state index in [0.717, 1.165) is 38.5 Å². The molecule has 1 rings (SSSR count). The van der Waals surface area contributed by atoms with Gasteiger partial charge < -0.3 is 50.5 Å². The lowest BCUT2D eigenvalue weighted by Gasteiger charge is -2.40. The minimum absolute atomic E-state index is 0.257. The number of hydrogen-bond donors (Lipinski definition) is 8. The molecular formula is C38H73NO10. The monoisotopic (exact) mass is 704 g/mol. The Kier molecular flexibility index (Phi) is 27.6. The average Bonchev–Trinajstić information content (AvgIpc) is 3.10. The van der Waals surface area contributed by atoms with E-state index >= 15 is 0 Å². The highest BCUT2D eigenvalue weighted by Crippen LogP contribution is 2.23. The van der Waals surface area contributed by atoms with Gasteiger partial charge in [0.15, 0.2) is 6.29 Å². The molecule has 11 nitrogen and oxygen atoms in total. The first-order valence-corrected chi connectivity index (χ1v) is 19.6. The largest absolute Gasteiger partial charge is 0.394 e. The predicted octanol–water partition coefficient (Wildman–Crippen LogP) is 4.55. The molecule has 0 radical (unpaired) electrons. The fourth-order valence-electron chi connectivity index (χ4n) is 6.20. The molecule has 0 aromatic carbocycles. The van der Waals surface area contributed by atoms with Gasteiger partial charge in [-0.3, -0.25) is 4.79 Å². The van der Waals surface area contributed by atoms with Crippen LogP contribution in [0.25, 0.3) is 0 Å². The van der Waals surface area contributed by atoms with Gasteiger partial charge in [-0.05, 0) is 38.5 Å². The Morgan fingerprint density at radius 1 is 0.694 bits per heavy atom. The summed E-state index contributed by atoms with van der Waals surface area (Å²) in [5.74, 6) is -0.710. The summed E-state index contributed by atoms with van der Waals surface area (Å²) < 4.78 is 11.0. The van der Waals surface area contributed by atoms with Crippen molar-refractivity contribution in [2.75, 3.05) is 13.2 Å². The maximum atomic E-state index is 13.0. The van der Waals surface area contributed by atoms with Gasteiger partial charge in [0.05, 0.1) is 25.4 Å². The molecule has 0 aliphatic carbocycles. The number of rotatable bonds is 31. The molecule has 0 spiro atoms. The highest BCUT2D eigenvalue weighted by atomic mass is 16.7. The van der Waals surface area contributed by atoms with Gasteiger partial charge in [0.25, 0.3) is 0 Å². The topological polar surface area (TPSA) is 189 Å². The number of aliphatic hydroxyl groups excluding tert-OH is 7. The number of unbranched alkanes of at least 4 members (excludes halogenated alkanes) is 17. The number of nitrogens with one attached hydrogen (secondary N) is 1. The fourth-order valence-corrected chi connectivity index (χ4v) is 6.20. The van der Waals surface area contributed by atoms with Crippen LogP contribution in [0.5, 0.6) is 0 Å². The number of carbonyl (C=O) groups excluding carboxylic acids is 1. The molecule has 8 N–H and O–H groups in total. The maximum Gasteiger partial charge on any atom is 0.249 e. The Morgan fingerprint density at radius 3 is 1.76 bits per heavy atom. The van der Waals surface area contributed by atoms with E-state index in [-0.39, 0.29) is 12.8 Å². The van der Waals surface area contributed by atoms with Crippen molar-refractivity contribution in [3.63, 3.8) is 0 Å². The minimum atomic E-state index is -1.66. The van der Waals surface area contributed by atoms with E-state index in [4.69, 9.17) is 9.47 Å². The molecule has 0 aromatic rings.